The number of nitrogen functional groups attached to an aromatic ring is 1. The molecule has 2 heterocycles. The van der Waals surface area contributed by atoms with Crippen molar-refractivity contribution in [2.24, 2.45) is 0 Å². The quantitative estimate of drug-likeness (QED) is 0.424. The van der Waals surface area contributed by atoms with E-state index in [4.69, 9.17) is 15.2 Å². The maximum Gasteiger partial charge on any atom is 0.249 e. The number of fused-ring (bicyclic) bond motifs is 2. The molecular weight excluding hydrogens is 376 g/mol. The lowest BCUT2D eigenvalue weighted by atomic mass is 10.1. The van der Waals surface area contributed by atoms with Crippen molar-refractivity contribution in [1.82, 2.24) is 15.0 Å². The molecule has 0 aliphatic carbocycles. The van der Waals surface area contributed by atoms with Crippen LogP contribution in [0.4, 0.5) is 5.69 Å². The van der Waals surface area contributed by atoms with E-state index in [2.05, 4.69) is 15.0 Å². The van der Waals surface area contributed by atoms with Crippen molar-refractivity contribution >= 4 is 27.4 Å². The minimum absolute atomic E-state index is 0.218. The molecule has 0 saturated heterocycles. The smallest absolute Gasteiger partial charge is 0.249 e. The first-order valence-corrected chi connectivity index (χ1v) is 9.49. The predicted octanol–water partition coefficient (Wildman–Crippen LogP) is 5.65. The summed E-state index contributed by atoms with van der Waals surface area (Å²) in [5.41, 5.74) is 8.13. The highest BCUT2D eigenvalue weighted by atomic mass is 16.5. The third-order valence-corrected chi connectivity index (χ3v) is 4.78. The lowest BCUT2D eigenvalue weighted by molar-refractivity contribution is 0.440. The molecule has 0 aliphatic heterocycles. The second kappa shape index (κ2) is 7.33. The zero-order valence-corrected chi connectivity index (χ0v) is 16.2. The Hall–Kier alpha value is -4.19. The van der Waals surface area contributed by atoms with Gasteiger partial charge in [-0.15, -0.1) is 0 Å². The Bertz CT molecular complexity index is 1380. The number of nitrogens with two attached hydrogens (primary N) is 1. The molecule has 5 aromatic rings. The largest absolute Gasteiger partial charge is 0.437 e. The van der Waals surface area contributed by atoms with Gasteiger partial charge in [-0.3, -0.25) is 0 Å². The van der Waals surface area contributed by atoms with E-state index < -0.39 is 0 Å². The highest BCUT2D eigenvalue weighted by Gasteiger charge is 2.14. The van der Waals surface area contributed by atoms with Crippen LogP contribution < -0.4 is 15.2 Å². The monoisotopic (exact) mass is 394 g/mol. The summed E-state index contributed by atoms with van der Waals surface area (Å²) in [4.78, 5) is 12.9. The standard InChI is InChI=1S/C24H18N4O2/c1-15-9-10-17-7-4-8-20(22(17)28-15)30-24-21(25)23(26-14-27-24)29-19-12-11-16-5-2-3-6-18(16)13-19/h2-14H,25H2,1H3. The van der Waals surface area contributed by atoms with E-state index >= 15 is 0 Å². The molecule has 0 spiro atoms. The van der Waals surface area contributed by atoms with Gasteiger partial charge < -0.3 is 15.2 Å². The molecule has 0 atom stereocenters. The van der Waals surface area contributed by atoms with E-state index in [0.717, 1.165) is 27.4 Å². The molecule has 3 aromatic carbocycles. The number of pyridine rings is 1. The Morgan fingerprint density at radius 1 is 0.733 bits per heavy atom. The molecule has 0 aliphatic rings. The van der Waals surface area contributed by atoms with Crippen LogP contribution in [0.25, 0.3) is 21.7 Å². The first-order valence-electron chi connectivity index (χ1n) is 9.49. The summed E-state index contributed by atoms with van der Waals surface area (Å²) in [7, 11) is 0. The van der Waals surface area contributed by atoms with Gasteiger partial charge in [0.05, 0.1) is 0 Å². The highest BCUT2D eigenvalue weighted by Crippen LogP contribution is 2.36. The summed E-state index contributed by atoms with van der Waals surface area (Å²) < 4.78 is 11.9. The number of benzene rings is 3. The minimum atomic E-state index is 0.218. The number of hydrogen-bond donors (Lipinski definition) is 1. The highest BCUT2D eigenvalue weighted by molar-refractivity contribution is 5.85. The molecule has 0 fully saturated rings. The Balaban J connectivity index is 1.48. The number of nitrogens with zero attached hydrogens (tertiary/aromatic N) is 3. The fourth-order valence-corrected chi connectivity index (χ4v) is 3.27. The Kier molecular flexibility index (Phi) is 4.37. The normalized spacial score (nSPS) is 11.0. The van der Waals surface area contributed by atoms with Crippen molar-refractivity contribution in [1.29, 1.82) is 0 Å². The lowest BCUT2D eigenvalue weighted by Gasteiger charge is -2.12. The molecule has 2 N–H and O–H groups in total. The zero-order valence-electron chi connectivity index (χ0n) is 16.2. The topological polar surface area (TPSA) is 83.2 Å². The number of aromatic nitrogens is 3. The van der Waals surface area contributed by atoms with Crippen LogP contribution >= 0.6 is 0 Å². The Morgan fingerprint density at radius 3 is 2.33 bits per heavy atom. The average molecular weight is 394 g/mol. The molecule has 146 valence electrons. The van der Waals surface area contributed by atoms with Crippen molar-refractivity contribution in [2.75, 3.05) is 5.73 Å². The van der Waals surface area contributed by atoms with Gasteiger partial charge in [-0.2, -0.15) is 9.97 Å². The van der Waals surface area contributed by atoms with Crippen LogP contribution in [-0.4, -0.2) is 15.0 Å². The van der Waals surface area contributed by atoms with Gasteiger partial charge in [-0.25, -0.2) is 4.98 Å². The summed E-state index contributed by atoms with van der Waals surface area (Å²) in [5, 5.41) is 3.16. The fraction of sp³-hybridized carbons (Fsp3) is 0.0417. The summed E-state index contributed by atoms with van der Waals surface area (Å²) >= 11 is 0. The van der Waals surface area contributed by atoms with E-state index in [1.807, 2.05) is 79.7 Å². The van der Waals surface area contributed by atoms with Crippen LogP contribution in [-0.2, 0) is 0 Å². The van der Waals surface area contributed by atoms with E-state index in [9.17, 15) is 0 Å². The molecule has 30 heavy (non-hydrogen) atoms. The first-order chi connectivity index (χ1) is 14.7. The molecule has 5 rings (SSSR count). The summed E-state index contributed by atoms with van der Waals surface area (Å²) in [5.74, 6) is 1.65. The summed E-state index contributed by atoms with van der Waals surface area (Å²) in [6.07, 6.45) is 1.37. The second-order valence-corrected chi connectivity index (χ2v) is 6.89. The first kappa shape index (κ1) is 17.9. The average Bonchev–Trinajstić information content (AvgIpc) is 2.77. The van der Waals surface area contributed by atoms with Gasteiger partial charge in [-0.05, 0) is 42.0 Å². The van der Waals surface area contributed by atoms with Crippen LogP contribution in [0.2, 0.25) is 0 Å². The SMILES string of the molecule is Cc1ccc2cccc(Oc3ncnc(Oc4ccc5ccccc5c4)c3N)c2n1. The number of rotatable bonds is 4. The maximum absolute atomic E-state index is 6.27. The van der Waals surface area contributed by atoms with Gasteiger partial charge in [-0.1, -0.05) is 48.5 Å². The van der Waals surface area contributed by atoms with Crippen molar-refractivity contribution in [2.45, 2.75) is 6.92 Å². The Labute approximate surface area is 172 Å². The predicted molar refractivity (Wildman–Crippen MR) is 117 cm³/mol. The molecule has 0 bridgehead atoms. The molecule has 2 aromatic heterocycles. The van der Waals surface area contributed by atoms with Crippen LogP contribution in [0.15, 0.2) is 79.1 Å². The van der Waals surface area contributed by atoms with Crippen molar-refractivity contribution in [3.05, 3.63) is 84.8 Å². The molecule has 6 nitrogen and oxygen atoms in total. The van der Waals surface area contributed by atoms with Crippen molar-refractivity contribution < 1.29 is 9.47 Å². The molecule has 0 saturated carbocycles. The Morgan fingerprint density at radius 2 is 1.47 bits per heavy atom. The van der Waals surface area contributed by atoms with Crippen LogP contribution in [0.1, 0.15) is 5.69 Å². The third-order valence-electron chi connectivity index (χ3n) is 4.78. The van der Waals surface area contributed by atoms with Crippen LogP contribution in [0, 0.1) is 6.92 Å². The van der Waals surface area contributed by atoms with Gasteiger partial charge in [0.25, 0.3) is 0 Å². The fourth-order valence-electron chi connectivity index (χ4n) is 3.27. The van der Waals surface area contributed by atoms with E-state index in [1.54, 1.807) is 0 Å². The molecular formula is C24H18N4O2. The van der Waals surface area contributed by atoms with Gasteiger partial charge in [0.2, 0.25) is 11.8 Å². The van der Waals surface area contributed by atoms with Crippen molar-refractivity contribution in [3.63, 3.8) is 0 Å². The van der Waals surface area contributed by atoms with Crippen molar-refractivity contribution in [3.8, 4) is 23.3 Å². The molecule has 0 amide bonds. The minimum Gasteiger partial charge on any atom is -0.437 e. The number of hydrogen-bond acceptors (Lipinski definition) is 6. The van der Waals surface area contributed by atoms with Gasteiger partial charge in [0, 0.05) is 11.1 Å². The van der Waals surface area contributed by atoms with Crippen LogP contribution in [0.3, 0.4) is 0 Å². The molecule has 6 heteroatoms. The summed E-state index contributed by atoms with van der Waals surface area (Å²) in [6.45, 7) is 1.94. The van der Waals surface area contributed by atoms with E-state index in [0.29, 0.717) is 11.5 Å². The van der Waals surface area contributed by atoms with Crippen LogP contribution in [0.5, 0.6) is 23.3 Å². The zero-order chi connectivity index (χ0) is 20.5. The number of ether oxygens (including phenoxy) is 2. The van der Waals surface area contributed by atoms with Gasteiger partial charge >= 0.3 is 0 Å². The molecule has 0 radical (unpaired) electrons. The maximum atomic E-state index is 6.27. The number of anilines is 1. The van der Waals surface area contributed by atoms with Gasteiger partial charge in [0.1, 0.15) is 17.6 Å². The van der Waals surface area contributed by atoms with E-state index in [1.165, 1.54) is 6.33 Å². The van der Waals surface area contributed by atoms with Gasteiger partial charge in [0.15, 0.2) is 11.4 Å². The van der Waals surface area contributed by atoms with E-state index in [-0.39, 0.29) is 17.4 Å². The lowest BCUT2D eigenvalue weighted by Crippen LogP contribution is -2.01. The number of para-hydroxylation sites is 1. The second-order valence-electron chi connectivity index (χ2n) is 6.89. The molecule has 0 unspecified atom stereocenters. The summed E-state index contributed by atoms with van der Waals surface area (Å²) in [6, 6.07) is 23.5. The number of aryl methyl sites for hydroxylation is 1. The third kappa shape index (κ3) is 3.35.